The Morgan fingerprint density at radius 1 is 1.04 bits per heavy atom. The lowest BCUT2D eigenvalue weighted by Crippen LogP contribution is -2.25. The van der Waals surface area contributed by atoms with Gasteiger partial charge < -0.3 is 15.8 Å². The summed E-state index contributed by atoms with van der Waals surface area (Å²) in [5, 5.41) is 7.24. The first-order chi connectivity index (χ1) is 20.9. The number of hydrogen-bond acceptors (Lipinski definition) is 8. The molecule has 0 aliphatic rings. The zero-order chi connectivity index (χ0) is 33.3. The molecule has 45 heavy (non-hydrogen) atoms. The van der Waals surface area contributed by atoms with Gasteiger partial charge in [-0.3, -0.25) is 9.52 Å². The van der Waals surface area contributed by atoms with Crippen LogP contribution in [0.5, 0.6) is 5.75 Å². The zero-order valence-electron chi connectivity index (χ0n) is 23.7. The highest BCUT2D eigenvalue weighted by Gasteiger charge is 2.34. The summed E-state index contributed by atoms with van der Waals surface area (Å²) in [6.45, 7) is 4.87. The van der Waals surface area contributed by atoms with Gasteiger partial charge in [-0.1, -0.05) is 18.2 Å². The number of nitrogens with zero attached hydrogens (tertiary/aromatic N) is 4. The number of amides is 1. The molecule has 4 rings (SSSR count). The van der Waals surface area contributed by atoms with Crippen molar-refractivity contribution >= 4 is 33.3 Å². The first-order valence-electron chi connectivity index (χ1n) is 12.8. The summed E-state index contributed by atoms with van der Waals surface area (Å²) in [6, 6.07) is 8.67. The number of rotatable bonds is 10. The van der Waals surface area contributed by atoms with E-state index >= 15 is 0 Å². The molecular formula is C27H25F6N7O4S. The van der Waals surface area contributed by atoms with Gasteiger partial charge in [-0.25, -0.2) is 27.5 Å². The molecule has 0 aliphatic heterocycles. The van der Waals surface area contributed by atoms with Crippen molar-refractivity contribution in [3.8, 4) is 17.0 Å². The molecule has 0 aliphatic carbocycles. The third kappa shape index (κ3) is 7.62. The number of halogens is 6. The summed E-state index contributed by atoms with van der Waals surface area (Å²) >= 11 is 0. The van der Waals surface area contributed by atoms with Crippen LogP contribution in [0.2, 0.25) is 0 Å². The van der Waals surface area contributed by atoms with Crippen molar-refractivity contribution in [3.63, 3.8) is 0 Å². The van der Waals surface area contributed by atoms with E-state index in [-0.39, 0.29) is 46.5 Å². The van der Waals surface area contributed by atoms with E-state index in [1.807, 2.05) is 0 Å². The molecular weight excluding hydrogens is 632 g/mol. The lowest BCUT2D eigenvalue weighted by Gasteiger charge is -2.23. The number of aromatic nitrogens is 4. The van der Waals surface area contributed by atoms with E-state index in [1.165, 1.54) is 28.9 Å². The highest BCUT2D eigenvalue weighted by Crippen LogP contribution is 2.38. The number of hydrogen-bond donors (Lipinski definition) is 3. The number of carbonyl (C=O) groups excluding carboxylic acids is 1. The van der Waals surface area contributed by atoms with Gasteiger partial charge in [0, 0.05) is 5.56 Å². The molecule has 18 heteroatoms. The number of anilines is 3. The van der Waals surface area contributed by atoms with Gasteiger partial charge in [0.15, 0.2) is 5.69 Å². The Morgan fingerprint density at radius 2 is 1.71 bits per heavy atom. The summed E-state index contributed by atoms with van der Waals surface area (Å²) in [6.07, 6.45) is -3.44. The smallest absolute Gasteiger partial charge is 0.434 e. The average molecular weight is 658 g/mol. The largest absolute Gasteiger partial charge is 0.487 e. The van der Waals surface area contributed by atoms with Crippen LogP contribution in [0.4, 0.5) is 43.7 Å². The van der Waals surface area contributed by atoms with E-state index in [2.05, 4.69) is 20.4 Å². The van der Waals surface area contributed by atoms with Crippen LogP contribution in [0.15, 0.2) is 54.9 Å². The Labute approximate surface area is 252 Å². The number of alkyl halides is 5. The summed E-state index contributed by atoms with van der Waals surface area (Å²) < 4.78 is 111. The number of primary amides is 1. The molecule has 0 unspecified atom stereocenters. The third-order valence-corrected chi connectivity index (χ3v) is 6.98. The van der Waals surface area contributed by atoms with Crippen LogP contribution in [-0.4, -0.2) is 39.8 Å². The summed E-state index contributed by atoms with van der Waals surface area (Å²) in [7, 11) is -5.13. The van der Waals surface area contributed by atoms with Crippen LogP contribution in [0.25, 0.3) is 11.3 Å². The van der Waals surface area contributed by atoms with Crippen molar-refractivity contribution in [3.05, 3.63) is 77.5 Å². The number of sulfonamides is 1. The molecule has 2 aromatic carbocycles. The van der Waals surface area contributed by atoms with Crippen molar-refractivity contribution in [2.24, 2.45) is 5.73 Å². The summed E-state index contributed by atoms with van der Waals surface area (Å²) in [5.74, 6) is -5.80. The molecule has 11 nitrogen and oxygen atoms in total. The maximum Gasteiger partial charge on any atom is 0.434 e. The molecule has 0 spiro atoms. The standard InChI is InChI=1S/C27H25F6N7O4S/c1-26(2,3)40-24(37-20-12-35-19(11-36-20)27(31,32)33)21(23(34)41)22(38-40)15-6-9-17(39-45(42,43)25(29)30)18(10-15)44-13-14-4-7-16(28)8-5-14/h4-12,25,39H,13H2,1-3H3,(H2,34,41)(H,36,37). The van der Waals surface area contributed by atoms with Gasteiger partial charge >= 0.3 is 11.9 Å². The molecule has 1 amide bonds. The predicted octanol–water partition coefficient (Wildman–Crippen LogP) is 5.64. The van der Waals surface area contributed by atoms with Gasteiger partial charge in [0.2, 0.25) is 0 Å². The summed E-state index contributed by atoms with van der Waals surface area (Å²) in [5.41, 5.74) is 3.48. The zero-order valence-corrected chi connectivity index (χ0v) is 24.5. The van der Waals surface area contributed by atoms with Crippen LogP contribution >= 0.6 is 0 Å². The van der Waals surface area contributed by atoms with E-state index in [0.29, 0.717) is 11.8 Å². The number of nitrogens with two attached hydrogens (primary N) is 1. The Hall–Kier alpha value is -4.87. The Bertz CT molecular complexity index is 1810. The Morgan fingerprint density at radius 3 is 2.24 bits per heavy atom. The molecule has 2 heterocycles. The van der Waals surface area contributed by atoms with E-state index in [9.17, 15) is 39.6 Å². The minimum Gasteiger partial charge on any atom is -0.487 e. The van der Waals surface area contributed by atoms with Crippen molar-refractivity contribution in [1.82, 2.24) is 19.7 Å². The molecule has 0 bridgehead atoms. The van der Waals surface area contributed by atoms with Crippen LogP contribution < -0.4 is 20.5 Å². The first-order valence-corrected chi connectivity index (χ1v) is 14.3. The second-order valence-electron chi connectivity index (χ2n) is 10.5. The molecule has 0 saturated carbocycles. The van der Waals surface area contributed by atoms with E-state index in [4.69, 9.17) is 10.5 Å². The van der Waals surface area contributed by atoms with Gasteiger partial charge in [-0.15, -0.1) is 0 Å². The maximum atomic E-state index is 13.3. The Balaban J connectivity index is 1.83. The SMILES string of the molecule is CC(C)(C)n1nc(-c2ccc(NS(=O)(=O)C(F)F)c(OCc3ccc(F)cc3)c2)c(C(N)=O)c1Nc1cnc(C(F)(F)F)cn1. The average Bonchev–Trinajstić information content (AvgIpc) is 3.33. The number of nitrogens with one attached hydrogen (secondary N) is 2. The van der Waals surface area contributed by atoms with Crippen LogP contribution in [0, 0.1) is 5.82 Å². The van der Waals surface area contributed by atoms with Crippen molar-refractivity contribution < 1.29 is 44.3 Å². The highest BCUT2D eigenvalue weighted by atomic mass is 32.2. The minimum atomic E-state index is -5.13. The van der Waals surface area contributed by atoms with Gasteiger partial charge in [0.1, 0.15) is 41.1 Å². The first kappa shape index (κ1) is 33.0. The molecule has 0 radical (unpaired) electrons. The normalized spacial score (nSPS) is 12.3. The molecule has 0 fully saturated rings. The van der Waals surface area contributed by atoms with E-state index in [1.54, 1.807) is 25.5 Å². The number of ether oxygens (including phenoxy) is 1. The van der Waals surface area contributed by atoms with Crippen LogP contribution in [-0.2, 0) is 28.3 Å². The van der Waals surface area contributed by atoms with Gasteiger partial charge in [-0.05, 0) is 50.6 Å². The van der Waals surface area contributed by atoms with Crippen LogP contribution in [0.3, 0.4) is 0 Å². The lowest BCUT2D eigenvalue weighted by atomic mass is 10.1. The molecule has 0 atom stereocenters. The molecule has 240 valence electrons. The van der Waals surface area contributed by atoms with E-state index in [0.717, 1.165) is 24.4 Å². The minimum absolute atomic E-state index is 0.0599. The van der Waals surface area contributed by atoms with Crippen LogP contribution in [0.1, 0.15) is 42.4 Å². The van der Waals surface area contributed by atoms with Crippen molar-refractivity contribution in [2.75, 3.05) is 10.0 Å². The van der Waals surface area contributed by atoms with Crippen molar-refractivity contribution in [1.29, 1.82) is 0 Å². The highest BCUT2D eigenvalue weighted by molar-refractivity contribution is 7.93. The fourth-order valence-corrected chi connectivity index (χ4v) is 4.49. The number of benzene rings is 2. The lowest BCUT2D eigenvalue weighted by molar-refractivity contribution is -0.141. The fourth-order valence-electron chi connectivity index (χ4n) is 3.93. The molecule has 0 saturated heterocycles. The predicted molar refractivity (Wildman–Crippen MR) is 151 cm³/mol. The fraction of sp³-hybridized carbons (Fsp3) is 0.259. The molecule has 2 aromatic heterocycles. The summed E-state index contributed by atoms with van der Waals surface area (Å²) in [4.78, 5) is 19.9. The third-order valence-electron chi connectivity index (χ3n) is 6.01. The monoisotopic (exact) mass is 657 g/mol. The molecule has 4 N–H and O–H groups in total. The topological polar surface area (TPSA) is 154 Å². The maximum absolute atomic E-state index is 13.3. The van der Waals surface area contributed by atoms with E-state index < -0.39 is 44.9 Å². The second-order valence-corrected chi connectivity index (χ2v) is 12.1. The second kappa shape index (κ2) is 12.3. The van der Waals surface area contributed by atoms with Gasteiger partial charge in [0.25, 0.3) is 15.9 Å². The van der Waals surface area contributed by atoms with Gasteiger partial charge in [-0.2, -0.15) is 27.1 Å². The van der Waals surface area contributed by atoms with Crippen molar-refractivity contribution in [2.45, 2.75) is 44.9 Å². The Kier molecular flexibility index (Phi) is 9.00. The van der Waals surface area contributed by atoms with Gasteiger partial charge in [0.05, 0.1) is 23.6 Å². The number of carbonyl (C=O) groups is 1. The quantitative estimate of drug-likeness (QED) is 0.185. The molecule has 4 aromatic rings.